The molecule has 0 aliphatic heterocycles. The SMILES string of the molecule is CCC(Oc1ccc(C)c(C)c1)C(=O)Nc1cccc(C)c1. The molecule has 0 aliphatic carbocycles. The van der Waals surface area contributed by atoms with Crippen LogP contribution in [-0.4, -0.2) is 12.0 Å². The predicted molar refractivity (Wildman–Crippen MR) is 90.4 cm³/mol. The number of carbonyl (C=O) groups is 1. The molecule has 0 saturated heterocycles. The third-order valence-corrected chi connectivity index (χ3v) is 3.71. The average molecular weight is 297 g/mol. The monoisotopic (exact) mass is 297 g/mol. The fraction of sp³-hybridized carbons (Fsp3) is 0.316. The van der Waals surface area contributed by atoms with Crippen LogP contribution in [0.3, 0.4) is 0 Å². The van der Waals surface area contributed by atoms with Gasteiger partial charge in [-0.05, 0) is 68.1 Å². The van der Waals surface area contributed by atoms with Crippen LogP contribution in [0.4, 0.5) is 5.69 Å². The Morgan fingerprint density at radius 3 is 2.50 bits per heavy atom. The van der Waals surface area contributed by atoms with Gasteiger partial charge < -0.3 is 10.1 Å². The molecule has 22 heavy (non-hydrogen) atoms. The maximum atomic E-state index is 12.4. The van der Waals surface area contributed by atoms with E-state index in [1.54, 1.807) is 0 Å². The molecule has 2 aromatic carbocycles. The summed E-state index contributed by atoms with van der Waals surface area (Å²) in [6.07, 6.45) is 0.118. The normalized spacial score (nSPS) is 11.8. The second-order valence-electron chi connectivity index (χ2n) is 5.62. The number of rotatable bonds is 5. The Morgan fingerprint density at radius 2 is 1.86 bits per heavy atom. The first-order valence-electron chi connectivity index (χ1n) is 7.61. The molecule has 3 heteroatoms. The number of benzene rings is 2. The largest absolute Gasteiger partial charge is 0.481 e. The summed E-state index contributed by atoms with van der Waals surface area (Å²) < 4.78 is 5.85. The van der Waals surface area contributed by atoms with Gasteiger partial charge in [-0.25, -0.2) is 0 Å². The molecule has 3 nitrogen and oxygen atoms in total. The number of ether oxygens (including phenoxy) is 1. The van der Waals surface area contributed by atoms with Gasteiger partial charge in [0.2, 0.25) is 0 Å². The van der Waals surface area contributed by atoms with Crippen LogP contribution in [-0.2, 0) is 4.79 Å². The molecule has 0 fully saturated rings. The van der Waals surface area contributed by atoms with Crippen LogP contribution in [0.1, 0.15) is 30.0 Å². The number of carbonyl (C=O) groups excluding carboxylic acids is 1. The molecule has 116 valence electrons. The Labute approximate surface area is 132 Å². The fourth-order valence-electron chi connectivity index (χ4n) is 2.22. The quantitative estimate of drug-likeness (QED) is 0.888. The van der Waals surface area contributed by atoms with E-state index >= 15 is 0 Å². The summed E-state index contributed by atoms with van der Waals surface area (Å²) in [5.74, 6) is 0.612. The summed E-state index contributed by atoms with van der Waals surface area (Å²) in [5.41, 5.74) is 4.28. The summed E-state index contributed by atoms with van der Waals surface area (Å²) in [6.45, 7) is 8.04. The second-order valence-corrected chi connectivity index (χ2v) is 5.62. The highest BCUT2D eigenvalue weighted by molar-refractivity contribution is 5.94. The van der Waals surface area contributed by atoms with E-state index in [4.69, 9.17) is 4.74 Å². The van der Waals surface area contributed by atoms with Gasteiger partial charge in [0.25, 0.3) is 5.91 Å². The average Bonchev–Trinajstić information content (AvgIpc) is 2.48. The Kier molecular flexibility index (Phi) is 5.21. The maximum Gasteiger partial charge on any atom is 0.265 e. The van der Waals surface area contributed by atoms with Gasteiger partial charge in [-0.15, -0.1) is 0 Å². The van der Waals surface area contributed by atoms with Gasteiger partial charge in [-0.3, -0.25) is 4.79 Å². The van der Waals surface area contributed by atoms with Crippen LogP contribution in [0.15, 0.2) is 42.5 Å². The highest BCUT2D eigenvalue weighted by Crippen LogP contribution is 2.19. The van der Waals surface area contributed by atoms with Gasteiger partial charge >= 0.3 is 0 Å². The van der Waals surface area contributed by atoms with E-state index in [0.717, 1.165) is 22.6 Å². The third kappa shape index (κ3) is 4.10. The molecule has 0 aromatic heterocycles. The summed E-state index contributed by atoms with van der Waals surface area (Å²) >= 11 is 0. The van der Waals surface area contributed by atoms with Crippen molar-refractivity contribution in [3.05, 3.63) is 59.2 Å². The molecule has 0 saturated carbocycles. The minimum atomic E-state index is -0.498. The number of aryl methyl sites for hydroxylation is 3. The van der Waals surface area contributed by atoms with Gasteiger partial charge in [0.15, 0.2) is 6.10 Å². The Bertz CT molecular complexity index is 664. The van der Waals surface area contributed by atoms with Crippen LogP contribution in [0.2, 0.25) is 0 Å². The van der Waals surface area contributed by atoms with Crippen LogP contribution in [0, 0.1) is 20.8 Å². The highest BCUT2D eigenvalue weighted by atomic mass is 16.5. The van der Waals surface area contributed by atoms with Crippen molar-refractivity contribution in [3.8, 4) is 5.75 Å². The van der Waals surface area contributed by atoms with Gasteiger partial charge in [0.05, 0.1) is 0 Å². The van der Waals surface area contributed by atoms with E-state index in [0.29, 0.717) is 6.42 Å². The van der Waals surface area contributed by atoms with Crippen LogP contribution < -0.4 is 10.1 Å². The first kappa shape index (κ1) is 16.1. The Morgan fingerprint density at radius 1 is 1.09 bits per heavy atom. The zero-order valence-corrected chi connectivity index (χ0v) is 13.6. The van der Waals surface area contributed by atoms with Crippen LogP contribution in [0.5, 0.6) is 5.75 Å². The summed E-state index contributed by atoms with van der Waals surface area (Å²) in [6, 6.07) is 13.6. The smallest absolute Gasteiger partial charge is 0.265 e. The Hall–Kier alpha value is -2.29. The number of nitrogens with one attached hydrogen (secondary N) is 1. The molecule has 1 atom stereocenters. The van der Waals surface area contributed by atoms with E-state index in [9.17, 15) is 4.79 Å². The van der Waals surface area contributed by atoms with Gasteiger partial charge in [-0.2, -0.15) is 0 Å². The van der Waals surface area contributed by atoms with Crippen molar-refractivity contribution in [3.63, 3.8) is 0 Å². The van der Waals surface area contributed by atoms with Gasteiger partial charge in [0, 0.05) is 5.69 Å². The minimum Gasteiger partial charge on any atom is -0.481 e. The fourth-order valence-corrected chi connectivity index (χ4v) is 2.22. The highest BCUT2D eigenvalue weighted by Gasteiger charge is 2.18. The molecule has 1 unspecified atom stereocenters. The molecule has 0 radical (unpaired) electrons. The van der Waals surface area contributed by atoms with Crippen LogP contribution in [0.25, 0.3) is 0 Å². The number of hydrogen-bond donors (Lipinski definition) is 1. The maximum absolute atomic E-state index is 12.4. The predicted octanol–water partition coefficient (Wildman–Crippen LogP) is 4.41. The van der Waals surface area contributed by atoms with E-state index in [2.05, 4.69) is 12.2 Å². The minimum absolute atomic E-state index is 0.119. The summed E-state index contributed by atoms with van der Waals surface area (Å²) in [4.78, 5) is 12.4. The lowest BCUT2D eigenvalue weighted by atomic mass is 10.1. The van der Waals surface area contributed by atoms with E-state index < -0.39 is 6.10 Å². The van der Waals surface area contributed by atoms with Gasteiger partial charge in [0.1, 0.15) is 5.75 Å². The van der Waals surface area contributed by atoms with Crippen molar-refractivity contribution in [1.29, 1.82) is 0 Å². The van der Waals surface area contributed by atoms with E-state index in [1.165, 1.54) is 5.56 Å². The molecule has 2 rings (SSSR count). The topological polar surface area (TPSA) is 38.3 Å². The van der Waals surface area contributed by atoms with Crippen molar-refractivity contribution in [2.75, 3.05) is 5.32 Å². The molecule has 2 aromatic rings. The lowest BCUT2D eigenvalue weighted by Crippen LogP contribution is -2.32. The zero-order valence-electron chi connectivity index (χ0n) is 13.6. The first-order valence-corrected chi connectivity index (χ1v) is 7.61. The first-order chi connectivity index (χ1) is 10.5. The second kappa shape index (κ2) is 7.12. The molecule has 1 N–H and O–H groups in total. The van der Waals surface area contributed by atoms with Crippen molar-refractivity contribution < 1.29 is 9.53 Å². The standard InChI is InChI=1S/C19H23NO2/c1-5-18(22-17-10-9-14(3)15(4)12-17)19(21)20-16-8-6-7-13(2)11-16/h6-12,18H,5H2,1-4H3,(H,20,21). The van der Waals surface area contributed by atoms with Crippen molar-refractivity contribution in [2.45, 2.75) is 40.2 Å². The Balaban J connectivity index is 2.07. The zero-order chi connectivity index (χ0) is 16.1. The molecular formula is C19H23NO2. The van der Waals surface area contributed by atoms with Crippen LogP contribution >= 0.6 is 0 Å². The molecule has 0 spiro atoms. The molecule has 1 amide bonds. The number of amides is 1. The van der Waals surface area contributed by atoms with Crippen molar-refractivity contribution in [2.24, 2.45) is 0 Å². The molecule has 0 aliphatic rings. The molecule has 0 heterocycles. The summed E-state index contributed by atoms with van der Waals surface area (Å²) in [5, 5.41) is 2.92. The van der Waals surface area contributed by atoms with Crippen molar-refractivity contribution in [1.82, 2.24) is 0 Å². The van der Waals surface area contributed by atoms with Gasteiger partial charge in [-0.1, -0.05) is 25.1 Å². The van der Waals surface area contributed by atoms with Crippen molar-refractivity contribution >= 4 is 11.6 Å². The van der Waals surface area contributed by atoms with E-state index in [1.807, 2.05) is 63.2 Å². The third-order valence-electron chi connectivity index (χ3n) is 3.71. The number of anilines is 1. The van der Waals surface area contributed by atoms with E-state index in [-0.39, 0.29) is 5.91 Å². The summed E-state index contributed by atoms with van der Waals surface area (Å²) in [7, 11) is 0. The number of hydrogen-bond acceptors (Lipinski definition) is 2. The lowest BCUT2D eigenvalue weighted by molar-refractivity contribution is -0.122. The molecule has 0 bridgehead atoms. The molecular weight excluding hydrogens is 274 g/mol. The lowest BCUT2D eigenvalue weighted by Gasteiger charge is -2.18.